The van der Waals surface area contributed by atoms with Crippen molar-refractivity contribution in [2.75, 3.05) is 24.7 Å². The molecule has 0 aromatic heterocycles. The second kappa shape index (κ2) is 11.9. The number of fused-ring (bicyclic) bond motifs is 4. The highest BCUT2D eigenvalue weighted by atomic mass is 32.2. The van der Waals surface area contributed by atoms with Crippen LogP contribution in [0.3, 0.4) is 0 Å². The highest BCUT2D eigenvalue weighted by Crippen LogP contribution is 2.67. The molecule has 5 atom stereocenters. The van der Waals surface area contributed by atoms with Crippen LogP contribution in [0.2, 0.25) is 0 Å². The molecule has 0 unspecified atom stereocenters. The van der Waals surface area contributed by atoms with Crippen molar-refractivity contribution in [2.45, 2.75) is 47.8 Å². The summed E-state index contributed by atoms with van der Waals surface area (Å²) in [6.07, 6.45) is -0.527. The van der Waals surface area contributed by atoms with Crippen LogP contribution in [0.1, 0.15) is 49.9 Å². The molecule has 0 spiro atoms. The van der Waals surface area contributed by atoms with Gasteiger partial charge in [-0.05, 0) is 55.0 Å². The van der Waals surface area contributed by atoms with Gasteiger partial charge in [-0.1, -0.05) is 47.9 Å². The number of carbonyl (C=O) groups excluding carboxylic acids is 3. The minimum atomic E-state index is -3.65. The predicted molar refractivity (Wildman–Crippen MR) is 178 cm³/mol. The average molecular weight is 695 g/mol. The Hall–Kier alpha value is -5.44. The van der Waals surface area contributed by atoms with Crippen LogP contribution in [0.15, 0.2) is 71.6 Å². The zero-order chi connectivity index (χ0) is 35.6. The van der Waals surface area contributed by atoms with E-state index in [1.54, 1.807) is 24.3 Å². The van der Waals surface area contributed by atoms with Crippen molar-refractivity contribution in [2.24, 2.45) is 0 Å². The van der Waals surface area contributed by atoms with Crippen molar-refractivity contribution in [3.05, 3.63) is 100 Å². The van der Waals surface area contributed by atoms with Crippen LogP contribution in [-0.2, 0) is 31.5 Å². The molecule has 2 aliphatic carbocycles. The topological polar surface area (TPSA) is 183 Å². The molecule has 0 saturated carbocycles. The minimum absolute atomic E-state index is 0.000669. The average Bonchev–Trinajstić information content (AvgIpc) is 3.83. The van der Waals surface area contributed by atoms with Gasteiger partial charge in [-0.25, -0.2) is 13.2 Å². The van der Waals surface area contributed by atoms with Crippen LogP contribution in [0.5, 0.6) is 5.75 Å². The number of aromatic hydroxyl groups is 1. The van der Waals surface area contributed by atoms with Gasteiger partial charge in [0.1, 0.15) is 18.4 Å². The number of phenols is 1. The lowest BCUT2D eigenvalue weighted by Gasteiger charge is -2.37. The third-order valence-electron chi connectivity index (χ3n) is 9.44. The number of anilines is 1. The van der Waals surface area contributed by atoms with Gasteiger partial charge in [0.05, 0.1) is 33.6 Å². The number of ether oxygens (including phenoxy) is 2. The van der Waals surface area contributed by atoms with Crippen LogP contribution < -0.4 is 5.32 Å². The Labute approximate surface area is 287 Å². The van der Waals surface area contributed by atoms with Gasteiger partial charge >= 0.3 is 6.09 Å². The highest BCUT2D eigenvalue weighted by Gasteiger charge is 2.82. The number of sulfone groups is 1. The van der Waals surface area contributed by atoms with Crippen molar-refractivity contribution in [1.82, 2.24) is 4.90 Å². The summed E-state index contributed by atoms with van der Waals surface area (Å²) in [5.74, 6) is 9.02. The number of hydrogen-bond donors (Lipinski definition) is 4. The summed E-state index contributed by atoms with van der Waals surface area (Å²) in [6.45, 7) is 1.07. The number of hydrogen-bond acceptors (Lipinski definition) is 11. The summed E-state index contributed by atoms with van der Waals surface area (Å²) >= 11 is 0. The van der Waals surface area contributed by atoms with E-state index < -0.39 is 68.5 Å². The lowest BCUT2D eigenvalue weighted by atomic mass is 9.69. The Morgan fingerprint density at radius 2 is 1.74 bits per heavy atom. The number of rotatable bonds is 7. The standard InChI is InChI=1S/C37H30N2O10S/c1-21(40)36-28-12-8-3-4-9-13-29(42)37(36,49-36)26-19-27(41)30-31(32(26)38-28)33(43)24-15-14-22(18-25(24)34(30)44)20-39(2)35(45)48-16-17-50(46,47)23-10-6-5-7-11-23/h3-7,10-11,14-15,18-19,21,28-29,38,40-42H,16-17,20H2,1-2H3/b4-3-/t21-,28+,29-,36+,37+/m1/s1. The molecule has 12 nitrogen and oxygen atoms in total. The van der Waals surface area contributed by atoms with Gasteiger partial charge in [-0.3, -0.25) is 9.59 Å². The fraction of sp³-hybridized carbons (Fsp3) is 0.270. The van der Waals surface area contributed by atoms with Crippen molar-refractivity contribution in [1.29, 1.82) is 0 Å². The molecular weight excluding hydrogens is 664 g/mol. The first kappa shape index (κ1) is 33.1. The first-order valence-corrected chi connectivity index (χ1v) is 17.3. The minimum Gasteiger partial charge on any atom is -0.507 e. The number of nitrogens with zero attached hydrogens (tertiary/aromatic N) is 1. The van der Waals surface area contributed by atoms with E-state index in [0.717, 1.165) is 0 Å². The zero-order valence-corrected chi connectivity index (χ0v) is 27.6. The SMILES string of the molecule is C[C@@H](O)[C@@]12O[C@]13c1cc(O)c4c(c1N[C@H]2C#C/C=C\C#C[C@H]3O)C(=O)c1ccc(CN(C)C(=O)OCCS(=O)(=O)c2ccccc2)cc1C4=O. The number of nitrogens with one attached hydrogen (secondary N) is 1. The number of allylic oxidation sites excluding steroid dienone is 2. The summed E-state index contributed by atoms with van der Waals surface area (Å²) in [7, 11) is -2.21. The summed E-state index contributed by atoms with van der Waals surface area (Å²) in [5.41, 5.74) is -2.77. The van der Waals surface area contributed by atoms with E-state index in [9.17, 15) is 38.1 Å². The molecule has 2 bridgehead atoms. The maximum absolute atomic E-state index is 14.2. The summed E-state index contributed by atoms with van der Waals surface area (Å²) in [4.78, 5) is 42.2. The van der Waals surface area contributed by atoms with E-state index in [2.05, 4.69) is 29.0 Å². The van der Waals surface area contributed by atoms with Crippen LogP contribution >= 0.6 is 0 Å². The summed E-state index contributed by atoms with van der Waals surface area (Å²) < 4.78 is 36.4. The molecule has 254 valence electrons. The largest absolute Gasteiger partial charge is 0.507 e. The van der Waals surface area contributed by atoms with E-state index in [1.165, 1.54) is 61.4 Å². The van der Waals surface area contributed by atoms with Gasteiger partial charge in [0.25, 0.3) is 0 Å². The normalized spacial score (nSPS) is 25.0. The maximum Gasteiger partial charge on any atom is 0.409 e. The lowest BCUT2D eigenvalue weighted by Crippen LogP contribution is -2.54. The Morgan fingerprint density at radius 1 is 1.04 bits per heavy atom. The molecule has 1 amide bonds. The second-order valence-corrected chi connectivity index (χ2v) is 14.5. The molecule has 7 rings (SSSR count). The Bertz CT molecular complexity index is 2260. The number of benzene rings is 3. The fourth-order valence-electron chi connectivity index (χ4n) is 7.02. The molecule has 3 aromatic rings. The smallest absolute Gasteiger partial charge is 0.409 e. The van der Waals surface area contributed by atoms with Crippen molar-refractivity contribution < 1.29 is 47.6 Å². The number of carbonyl (C=O) groups is 3. The van der Waals surface area contributed by atoms with Gasteiger partial charge in [0, 0.05) is 30.3 Å². The zero-order valence-electron chi connectivity index (χ0n) is 26.8. The predicted octanol–water partition coefficient (Wildman–Crippen LogP) is 2.29. The molecule has 2 aliphatic heterocycles. The second-order valence-electron chi connectivity index (χ2n) is 12.4. The Morgan fingerprint density at radius 3 is 2.46 bits per heavy atom. The molecule has 1 saturated heterocycles. The number of aliphatic hydroxyl groups excluding tert-OH is 2. The highest BCUT2D eigenvalue weighted by molar-refractivity contribution is 7.91. The number of phenolic OH excluding ortho intramolecular Hbond substituents is 1. The van der Waals surface area contributed by atoms with Crippen molar-refractivity contribution in [3.63, 3.8) is 0 Å². The fourth-order valence-corrected chi connectivity index (χ4v) is 8.13. The van der Waals surface area contributed by atoms with Gasteiger partial charge in [-0.15, -0.1) is 0 Å². The lowest BCUT2D eigenvalue weighted by molar-refractivity contribution is 0.0867. The molecule has 1 fully saturated rings. The monoisotopic (exact) mass is 694 g/mol. The van der Waals surface area contributed by atoms with Crippen LogP contribution in [0, 0.1) is 23.7 Å². The Balaban J connectivity index is 1.16. The molecular formula is C37H30N2O10S. The van der Waals surface area contributed by atoms with E-state index in [-0.39, 0.29) is 51.6 Å². The maximum atomic E-state index is 14.2. The van der Waals surface area contributed by atoms with E-state index in [1.807, 2.05) is 0 Å². The van der Waals surface area contributed by atoms with Crippen LogP contribution in [-0.4, -0.2) is 89.6 Å². The molecule has 3 aromatic carbocycles. The Kier molecular flexibility index (Phi) is 7.85. The molecule has 2 heterocycles. The van der Waals surface area contributed by atoms with Crippen LogP contribution in [0.4, 0.5) is 10.5 Å². The van der Waals surface area contributed by atoms with Crippen molar-refractivity contribution >= 4 is 33.2 Å². The number of amides is 1. The first-order valence-electron chi connectivity index (χ1n) is 15.6. The van der Waals surface area contributed by atoms with E-state index in [4.69, 9.17) is 9.47 Å². The van der Waals surface area contributed by atoms with Gasteiger partial charge in [0.15, 0.2) is 38.7 Å². The summed E-state index contributed by atoms with van der Waals surface area (Å²) in [5, 5.41) is 36.7. The number of epoxide rings is 1. The molecule has 4 N–H and O–H groups in total. The van der Waals surface area contributed by atoms with Gasteiger partial charge < -0.3 is 35.0 Å². The number of aliphatic hydroxyl groups is 2. The number of ketones is 2. The van der Waals surface area contributed by atoms with Crippen LogP contribution in [0.25, 0.3) is 0 Å². The van der Waals surface area contributed by atoms with Gasteiger partial charge in [-0.2, -0.15) is 0 Å². The third-order valence-corrected chi connectivity index (χ3v) is 11.1. The molecule has 50 heavy (non-hydrogen) atoms. The first-order chi connectivity index (χ1) is 23.8. The molecule has 4 aliphatic rings. The quantitative estimate of drug-likeness (QED) is 0.127. The third kappa shape index (κ3) is 4.89. The van der Waals surface area contributed by atoms with Crippen molar-refractivity contribution in [3.8, 4) is 29.4 Å². The molecule has 0 radical (unpaired) electrons. The van der Waals surface area contributed by atoms with E-state index >= 15 is 0 Å². The summed E-state index contributed by atoms with van der Waals surface area (Å²) in [6, 6.07) is 12.6. The van der Waals surface area contributed by atoms with Gasteiger partial charge in [0.2, 0.25) is 0 Å². The molecule has 13 heteroatoms. The van der Waals surface area contributed by atoms with E-state index in [0.29, 0.717) is 5.56 Å².